The van der Waals surface area contributed by atoms with Crippen LogP contribution in [0.25, 0.3) is 0 Å². The normalized spacial score (nSPS) is 12.4. The number of aliphatic carboxylic acids is 1. The quantitative estimate of drug-likeness (QED) is 0.0391. The highest BCUT2D eigenvalue weighted by Gasteiger charge is 2.14. The summed E-state index contributed by atoms with van der Waals surface area (Å²) in [5.41, 5.74) is 0. The third-order valence-electron chi connectivity index (χ3n) is 10.2. The zero-order valence-corrected chi connectivity index (χ0v) is 33.7. The molecule has 0 radical (unpaired) electrons. The van der Waals surface area contributed by atoms with Gasteiger partial charge in [0.25, 0.3) is 0 Å². The minimum atomic E-state index is -0.668. The molecule has 0 aliphatic heterocycles. The highest BCUT2D eigenvalue weighted by atomic mass is 16.5. The molecule has 0 rings (SSSR count). The summed E-state index contributed by atoms with van der Waals surface area (Å²) in [5.74, 6) is -0.629. The fourth-order valence-electron chi connectivity index (χ4n) is 6.86. The van der Waals surface area contributed by atoms with Crippen molar-refractivity contribution in [2.45, 2.75) is 258 Å². The van der Waals surface area contributed by atoms with Gasteiger partial charge in [0.2, 0.25) is 0 Å². The number of allylic oxidation sites excluding steroid dienone is 4. The first-order valence-corrected chi connectivity index (χ1v) is 22.3. The molecule has 0 aromatic rings. The number of hydrogen-bond donors (Lipinski definition) is 1. The molecule has 294 valence electrons. The van der Waals surface area contributed by atoms with E-state index in [4.69, 9.17) is 9.84 Å². The van der Waals surface area contributed by atoms with Crippen LogP contribution in [0.2, 0.25) is 0 Å². The number of carboxylic acids is 1. The van der Waals surface area contributed by atoms with Crippen molar-refractivity contribution in [1.82, 2.24) is 0 Å². The molecule has 0 saturated carbocycles. The molecule has 0 heterocycles. The first-order chi connectivity index (χ1) is 24.6. The van der Waals surface area contributed by atoms with Gasteiger partial charge in [-0.3, -0.25) is 9.59 Å². The first kappa shape index (κ1) is 48.4. The van der Waals surface area contributed by atoms with E-state index in [-0.39, 0.29) is 12.1 Å². The van der Waals surface area contributed by atoms with E-state index in [0.29, 0.717) is 12.8 Å². The summed E-state index contributed by atoms with van der Waals surface area (Å²) in [4.78, 5) is 23.2. The summed E-state index contributed by atoms with van der Waals surface area (Å²) in [5, 5.41) is 8.70. The Hall–Kier alpha value is -1.58. The van der Waals surface area contributed by atoms with Crippen LogP contribution in [0.4, 0.5) is 0 Å². The van der Waals surface area contributed by atoms with Crippen LogP contribution in [0.1, 0.15) is 251 Å². The third kappa shape index (κ3) is 40.8. The van der Waals surface area contributed by atoms with Crippen molar-refractivity contribution in [3.05, 3.63) is 24.3 Å². The van der Waals surface area contributed by atoms with Gasteiger partial charge < -0.3 is 9.84 Å². The molecule has 0 aliphatic carbocycles. The van der Waals surface area contributed by atoms with Crippen molar-refractivity contribution in [2.24, 2.45) is 0 Å². The Labute approximate surface area is 312 Å². The summed E-state index contributed by atoms with van der Waals surface area (Å²) >= 11 is 0. The van der Waals surface area contributed by atoms with E-state index in [0.717, 1.165) is 44.9 Å². The van der Waals surface area contributed by atoms with Crippen molar-refractivity contribution >= 4 is 11.9 Å². The van der Waals surface area contributed by atoms with E-state index in [1.807, 2.05) is 0 Å². The standard InChI is InChI=1S/C46H86O4/c1-3-5-7-9-10-11-12-13-14-15-16-17-18-19-20-21-26-29-32-35-39-43-46(49)50-44(40-36-8-6-4-2)41-37-33-30-27-24-22-23-25-28-31-34-38-42-45(47)48/h10-11,13-14,44H,3-9,12,15-43H2,1-2H3,(H,47,48)/b11-10-,14-13-. The molecule has 0 aliphatic rings. The second-order valence-electron chi connectivity index (χ2n) is 15.2. The van der Waals surface area contributed by atoms with Crippen LogP contribution in [-0.4, -0.2) is 23.1 Å². The van der Waals surface area contributed by atoms with Gasteiger partial charge in [0.05, 0.1) is 0 Å². The lowest BCUT2D eigenvalue weighted by atomic mass is 10.0. The van der Waals surface area contributed by atoms with Crippen LogP contribution >= 0.6 is 0 Å². The van der Waals surface area contributed by atoms with Crippen LogP contribution in [0.3, 0.4) is 0 Å². The molecule has 0 saturated heterocycles. The maximum Gasteiger partial charge on any atom is 0.306 e. The Morgan fingerprint density at radius 2 is 0.780 bits per heavy atom. The maximum atomic E-state index is 12.7. The van der Waals surface area contributed by atoms with Gasteiger partial charge in [-0.25, -0.2) is 0 Å². The number of rotatable bonds is 41. The molecule has 1 N–H and O–H groups in total. The van der Waals surface area contributed by atoms with Gasteiger partial charge in [-0.2, -0.15) is 0 Å². The number of carboxylic acid groups (broad SMARTS) is 1. The van der Waals surface area contributed by atoms with Gasteiger partial charge >= 0.3 is 11.9 Å². The molecular formula is C46H86O4. The van der Waals surface area contributed by atoms with Crippen molar-refractivity contribution in [1.29, 1.82) is 0 Å². The lowest BCUT2D eigenvalue weighted by Crippen LogP contribution is -2.18. The lowest BCUT2D eigenvalue weighted by Gasteiger charge is -2.18. The first-order valence-electron chi connectivity index (χ1n) is 22.3. The predicted molar refractivity (Wildman–Crippen MR) is 218 cm³/mol. The Morgan fingerprint density at radius 1 is 0.440 bits per heavy atom. The average molecular weight is 703 g/mol. The van der Waals surface area contributed by atoms with E-state index in [9.17, 15) is 9.59 Å². The Bertz CT molecular complexity index is 757. The molecule has 0 fully saturated rings. The zero-order chi connectivity index (χ0) is 36.4. The topological polar surface area (TPSA) is 63.6 Å². The van der Waals surface area contributed by atoms with E-state index in [1.165, 1.54) is 180 Å². The summed E-state index contributed by atoms with van der Waals surface area (Å²) in [6.45, 7) is 4.51. The number of hydrogen-bond acceptors (Lipinski definition) is 3. The van der Waals surface area contributed by atoms with Gasteiger partial charge in [-0.1, -0.05) is 192 Å². The molecule has 0 bridgehead atoms. The van der Waals surface area contributed by atoms with Crippen molar-refractivity contribution in [3.63, 3.8) is 0 Å². The molecule has 50 heavy (non-hydrogen) atoms. The minimum Gasteiger partial charge on any atom is -0.481 e. The van der Waals surface area contributed by atoms with Gasteiger partial charge in [0.15, 0.2) is 0 Å². The van der Waals surface area contributed by atoms with Crippen molar-refractivity contribution in [2.75, 3.05) is 0 Å². The fourth-order valence-corrected chi connectivity index (χ4v) is 6.86. The number of carbonyl (C=O) groups is 2. The monoisotopic (exact) mass is 703 g/mol. The maximum absolute atomic E-state index is 12.7. The van der Waals surface area contributed by atoms with Crippen molar-refractivity contribution < 1.29 is 19.4 Å². The van der Waals surface area contributed by atoms with E-state index in [1.54, 1.807) is 0 Å². The second-order valence-corrected chi connectivity index (χ2v) is 15.2. The van der Waals surface area contributed by atoms with Crippen LogP contribution in [0, 0.1) is 0 Å². The highest BCUT2D eigenvalue weighted by molar-refractivity contribution is 5.69. The lowest BCUT2D eigenvalue weighted by molar-refractivity contribution is -0.150. The summed E-state index contributed by atoms with van der Waals surface area (Å²) in [7, 11) is 0. The molecule has 0 spiro atoms. The molecule has 0 amide bonds. The molecule has 4 heteroatoms. The number of unbranched alkanes of at least 4 members (excludes halogenated alkanes) is 28. The van der Waals surface area contributed by atoms with Crippen LogP contribution in [0.5, 0.6) is 0 Å². The van der Waals surface area contributed by atoms with Crippen LogP contribution in [-0.2, 0) is 14.3 Å². The third-order valence-corrected chi connectivity index (χ3v) is 10.2. The largest absolute Gasteiger partial charge is 0.481 e. The molecule has 4 nitrogen and oxygen atoms in total. The molecular weight excluding hydrogens is 617 g/mol. The smallest absolute Gasteiger partial charge is 0.306 e. The van der Waals surface area contributed by atoms with Gasteiger partial charge in [-0.15, -0.1) is 0 Å². The summed E-state index contributed by atoms with van der Waals surface area (Å²) in [6.07, 6.45) is 53.9. The Kier molecular flexibility index (Phi) is 40.5. The van der Waals surface area contributed by atoms with Crippen molar-refractivity contribution in [3.8, 4) is 0 Å². The molecule has 0 aromatic carbocycles. The van der Waals surface area contributed by atoms with Gasteiger partial charge in [0.1, 0.15) is 6.10 Å². The number of esters is 1. The molecule has 1 unspecified atom stereocenters. The number of carbonyl (C=O) groups excluding carboxylic acids is 1. The predicted octanol–water partition coefficient (Wildman–Crippen LogP) is 15.6. The fraction of sp³-hybridized carbons (Fsp3) is 0.870. The Balaban J connectivity index is 3.72. The SMILES string of the molecule is CCCCC/C=C\C/C=C\CCCCCCCCCCCCCC(=O)OC(CCCCCC)CCCCCCCCCCCCCCC(=O)O. The number of ether oxygens (including phenoxy) is 1. The van der Waals surface area contributed by atoms with E-state index >= 15 is 0 Å². The molecule has 0 aromatic heterocycles. The second kappa shape index (κ2) is 41.8. The van der Waals surface area contributed by atoms with Crippen LogP contribution < -0.4 is 0 Å². The zero-order valence-electron chi connectivity index (χ0n) is 33.7. The average Bonchev–Trinajstić information content (AvgIpc) is 3.10. The highest BCUT2D eigenvalue weighted by Crippen LogP contribution is 2.19. The van der Waals surface area contributed by atoms with Crippen LogP contribution in [0.15, 0.2) is 24.3 Å². The minimum absolute atomic E-state index is 0.0394. The summed E-state index contributed by atoms with van der Waals surface area (Å²) < 4.78 is 6.02. The van der Waals surface area contributed by atoms with E-state index in [2.05, 4.69) is 38.2 Å². The Morgan fingerprint density at radius 3 is 1.22 bits per heavy atom. The molecule has 1 atom stereocenters. The van der Waals surface area contributed by atoms with E-state index < -0.39 is 5.97 Å². The van der Waals surface area contributed by atoms with Gasteiger partial charge in [-0.05, 0) is 70.6 Å². The van der Waals surface area contributed by atoms with Gasteiger partial charge in [0, 0.05) is 12.8 Å². The summed E-state index contributed by atoms with van der Waals surface area (Å²) in [6, 6.07) is 0.